The minimum Gasteiger partial charge on any atom is -0.494 e. The van der Waals surface area contributed by atoms with E-state index >= 15 is 0 Å². The Morgan fingerprint density at radius 1 is 1.05 bits per heavy atom. The molecule has 1 aliphatic rings. The number of hydrogen-bond donors (Lipinski definition) is 5. The highest BCUT2D eigenvalue weighted by atomic mass is 33.1. The number of rotatable bonds is 1. The Hall–Kier alpha value is -2.07. The van der Waals surface area contributed by atoms with Gasteiger partial charge in [0, 0.05) is 23.3 Å². The van der Waals surface area contributed by atoms with E-state index in [2.05, 4.69) is 0 Å². The van der Waals surface area contributed by atoms with Gasteiger partial charge >= 0.3 is 5.97 Å². The van der Waals surface area contributed by atoms with E-state index in [4.69, 9.17) is 0 Å². The molecule has 3 rings (SSSR count). The molecule has 2 aromatic rings. The first kappa shape index (κ1) is 13.9. The highest BCUT2D eigenvalue weighted by Crippen LogP contribution is 2.47. The summed E-state index contributed by atoms with van der Waals surface area (Å²) in [5.74, 6) is -3.60. The van der Waals surface area contributed by atoms with Gasteiger partial charge in [0.25, 0.3) is 0 Å². The van der Waals surface area contributed by atoms with Crippen molar-refractivity contribution in [3.8, 4) is 23.5 Å². The average Bonchev–Trinajstić information content (AvgIpc) is 2.81. The van der Waals surface area contributed by atoms with Gasteiger partial charge in [0.2, 0.25) is 23.5 Å². The smallest absolute Gasteiger partial charge is 0.311 e. The Morgan fingerprint density at radius 3 is 2.24 bits per heavy atom. The van der Waals surface area contributed by atoms with E-state index in [0.29, 0.717) is 0 Å². The molecule has 1 atom stereocenters. The molecular formula is C11H10N2O6S2. The van der Waals surface area contributed by atoms with Crippen LogP contribution >= 0.6 is 22.0 Å². The van der Waals surface area contributed by atoms with Crippen molar-refractivity contribution in [2.45, 2.75) is 12.3 Å². The molecule has 0 saturated carbocycles. The van der Waals surface area contributed by atoms with Crippen molar-refractivity contribution in [1.82, 2.24) is 7.94 Å². The summed E-state index contributed by atoms with van der Waals surface area (Å²) in [6.45, 7) is 0. The standard InChI is InChI=1S/C11H10N2O6S2/c14-7-2-4-1-6(11(18)19)5-3-8(15)13(10(5)17)21-20-12(7)9(4)16/h2-3,6,14-17H,1H2,(H,18,19). The van der Waals surface area contributed by atoms with Crippen molar-refractivity contribution in [2.24, 2.45) is 0 Å². The van der Waals surface area contributed by atoms with Gasteiger partial charge < -0.3 is 25.5 Å². The van der Waals surface area contributed by atoms with Crippen LogP contribution in [0.4, 0.5) is 0 Å². The number of carbonyl (C=O) groups is 1. The summed E-state index contributed by atoms with van der Waals surface area (Å²) < 4.78 is 2.09. The molecule has 5 N–H and O–H groups in total. The highest BCUT2D eigenvalue weighted by Gasteiger charge is 2.32. The number of nitrogens with zero attached hydrogens (tertiary/aromatic N) is 2. The van der Waals surface area contributed by atoms with Crippen LogP contribution in [0.25, 0.3) is 0 Å². The molecule has 0 spiro atoms. The van der Waals surface area contributed by atoms with Gasteiger partial charge in [-0.15, -0.1) is 0 Å². The van der Waals surface area contributed by atoms with Crippen LogP contribution in [0.3, 0.4) is 0 Å². The molecule has 0 saturated heterocycles. The number of aromatic hydroxyl groups is 4. The van der Waals surface area contributed by atoms with Crippen LogP contribution in [-0.4, -0.2) is 39.4 Å². The summed E-state index contributed by atoms with van der Waals surface area (Å²) in [5, 5.41) is 49.0. The molecule has 0 aliphatic carbocycles. The second-order valence-corrected chi connectivity index (χ2v) is 6.39. The highest BCUT2D eigenvalue weighted by molar-refractivity contribution is 8.75. The van der Waals surface area contributed by atoms with Gasteiger partial charge in [-0.3, -0.25) is 4.79 Å². The summed E-state index contributed by atoms with van der Waals surface area (Å²) in [7, 11) is 1.68. The van der Waals surface area contributed by atoms with Crippen LogP contribution in [0, 0.1) is 0 Å². The number of hydrogen-bond acceptors (Lipinski definition) is 7. The Morgan fingerprint density at radius 2 is 1.62 bits per heavy atom. The number of carboxylic acids is 1. The molecule has 1 aliphatic heterocycles. The zero-order chi connectivity index (χ0) is 15.3. The number of aromatic nitrogens is 2. The van der Waals surface area contributed by atoms with Gasteiger partial charge in [-0.05, 0) is 6.42 Å². The Balaban J connectivity index is 2.19. The summed E-state index contributed by atoms with van der Waals surface area (Å²) >= 11 is 0. The first-order valence-electron chi connectivity index (χ1n) is 5.74. The van der Waals surface area contributed by atoms with Gasteiger partial charge in [0.05, 0.1) is 27.9 Å². The zero-order valence-corrected chi connectivity index (χ0v) is 11.9. The third-order valence-corrected chi connectivity index (χ3v) is 5.39. The van der Waals surface area contributed by atoms with Crippen LogP contribution in [-0.2, 0) is 11.2 Å². The summed E-state index contributed by atoms with van der Waals surface area (Å²) in [4.78, 5) is 11.4. The van der Waals surface area contributed by atoms with E-state index in [-0.39, 0.29) is 41.1 Å². The van der Waals surface area contributed by atoms with Crippen molar-refractivity contribution in [3.63, 3.8) is 0 Å². The maximum Gasteiger partial charge on any atom is 0.311 e. The fraction of sp³-hybridized carbons (Fsp3) is 0.182. The minimum atomic E-state index is -1.22. The van der Waals surface area contributed by atoms with Gasteiger partial charge in [-0.2, -0.15) is 0 Å². The lowest BCUT2D eigenvalue weighted by molar-refractivity contribution is -0.138. The quantitative estimate of drug-likeness (QED) is 0.497. The molecule has 21 heavy (non-hydrogen) atoms. The molecule has 112 valence electrons. The lowest BCUT2D eigenvalue weighted by atomic mass is 9.94. The van der Waals surface area contributed by atoms with Crippen LogP contribution in [0.1, 0.15) is 17.0 Å². The zero-order valence-electron chi connectivity index (χ0n) is 10.3. The first-order valence-corrected chi connectivity index (χ1v) is 7.81. The maximum atomic E-state index is 11.4. The minimum absolute atomic E-state index is 0.0432. The summed E-state index contributed by atoms with van der Waals surface area (Å²) in [5.41, 5.74) is 0.281. The van der Waals surface area contributed by atoms with E-state index in [9.17, 15) is 30.3 Å². The second-order valence-electron chi connectivity index (χ2n) is 4.47. The summed E-state index contributed by atoms with van der Waals surface area (Å²) in [6, 6.07) is 2.45. The number of carboxylic acid groups (broad SMARTS) is 1. The fourth-order valence-electron chi connectivity index (χ4n) is 2.18. The van der Waals surface area contributed by atoms with E-state index < -0.39 is 11.9 Å². The van der Waals surface area contributed by atoms with Gasteiger partial charge in [0.15, 0.2) is 0 Å². The van der Waals surface area contributed by atoms with Gasteiger partial charge in [-0.25, -0.2) is 7.94 Å². The van der Waals surface area contributed by atoms with Crippen LogP contribution in [0.2, 0.25) is 0 Å². The van der Waals surface area contributed by atoms with Crippen LogP contribution < -0.4 is 0 Å². The van der Waals surface area contributed by atoms with Crippen LogP contribution in [0.5, 0.6) is 23.5 Å². The molecule has 0 fully saturated rings. The SMILES string of the molecule is O=C(O)C1Cc2cc(O)n(c2O)SSn2c(O)cc1c2O. The third-order valence-electron chi connectivity index (χ3n) is 3.21. The van der Waals surface area contributed by atoms with Crippen molar-refractivity contribution in [1.29, 1.82) is 0 Å². The predicted octanol–water partition coefficient (Wildman–Crippen LogP) is 1.44. The normalized spacial score (nSPS) is 17.6. The Kier molecular flexibility index (Phi) is 3.14. The second kappa shape index (κ2) is 4.74. The maximum absolute atomic E-state index is 11.4. The van der Waals surface area contributed by atoms with Crippen molar-refractivity contribution in [2.75, 3.05) is 0 Å². The monoisotopic (exact) mass is 330 g/mol. The molecule has 0 amide bonds. The first-order chi connectivity index (χ1) is 9.90. The van der Waals surface area contributed by atoms with E-state index in [1.54, 1.807) is 0 Å². The third kappa shape index (κ3) is 2.07. The largest absolute Gasteiger partial charge is 0.494 e. The predicted molar refractivity (Wildman–Crippen MR) is 75.6 cm³/mol. The lowest BCUT2D eigenvalue weighted by Gasteiger charge is -2.13. The topological polar surface area (TPSA) is 128 Å². The molecular weight excluding hydrogens is 320 g/mol. The molecule has 3 heterocycles. The lowest BCUT2D eigenvalue weighted by Crippen LogP contribution is -2.14. The van der Waals surface area contributed by atoms with Crippen molar-refractivity contribution in [3.05, 3.63) is 23.3 Å². The molecule has 1 unspecified atom stereocenters. The number of aliphatic carboxylic acids is 1. The molecule has 0 radical (unpaired) electrons. The van der Waals surface area contributed by atoms with Gasteiger partial charge in [0.1, 0.15) is 0 Å². The Labute approximate surface area is 125 Å². The molecule has 2 aromatic heterocycles. The molecule has 10 heteroatoms. The van der Waals surface area contributed by atoms with Crippen molar-refractivity contribution < 1.29 is 30.3 Å². The van der Waals surface area contributed by atoms with E-state index in [1.165, 1.54) is 12.1 Å². The summed E-state index contributed by atoms with van der Waals surface area (Å²) in [6.07, 6.45) is -0.135. The van der Waals surface area contributed by atoms with E-state index in [1.807, 2.05) is 0 Å². The fourth-order valence-corrected chi connectivity index (χ4v) is 4.21. The van der Waals surface area contributed by atoms with Gasteiger partial charge in [-0.1, -0.05) is 0 Å². The average molecular weight is 330 g/mol. The van der Waals surface area contributed by atoms with E-state index in [0.717, 1.165) is 29.9 Å². The number of fused-ring (bicyclic) bond motifs is 4. The molecule has 4 bridgehead atoms. The van der Waals surface area contributed by atoms with Crippen LogP contribution in [0.15, 0.2) is 12.1 Å². The molecule has 0 aromatic carbocycles. The Bertz CT molecular complexity index is 738. The molecule has 8 nitrogen and oxygen atoms in total. The van der Waals surface area contributed by atoms with Crippen molar-refractivity contribution >= 4 is 27.9 Å².